The second-order valence-electron chi connectivity index (χ2n) is 4.61. The molecule has 2 rings (SSSR count). The summed E-state index contributed by atoms with van der Waals surface area (Å²) in [5.74, 6) is -0.122. The Morgan fingerprint density at radius 3 is 2.76 bits per heavy atom. The zero-order chi connectivity index (χ0) is 15.4. The lowest BCUT2D eigenvalue weighted by Crippen LogP contribution is -2.08. The Labute approximate surface area is 126 Å². The lowest BCUT2D eigenvalue weighted by atomic mass is 10.1. The number of anilines is 2. The Kier molecular flexibility index (Phi) is 4.54. The predicted molar refractivity (Wildman–Crippen MR) is 83.8 cm³/mol. The zero-order valence-corrected chi connectivity index (χ0v) is 12.5. The van der Waals surface area contributed by atoms with E-state index in [2.05, 4.69) is 10.6 Å². The molecule has 21 heavy (non-hydrogen) atoms. The van der Waals surface area contributed by atoms with Crippen molar-refractivity contribution < 1.29 is 9.72 Å². The molecule has 0 aliphatic heterocycles. The molecule has 0 saturated heterocycles. The van der Waals surface area contributed by atoms with Crippen LogP contribution in [0.25, 0.3) is 0 Å². The van der Waals surface area contributed by atoms with Crippen molar-refractivity contribution in [3.63, 3.8) is 0 Å². The average molecular weight is 305 g/mol. The van der Waals surface area contributed by atoms with Crippen LogP contribution in [0.15, 0.2) is 29.6 Å². The molecule has 0 saturated carbocycles. The number of hydrogen-bond donors (Lipinski definition) is 2. The van der Waals surface area contributed by atoms with Crippen molar-refractivity contribution >= 4 is 33.6 Å². The van der Waals surface area contributed by atoms with Gasteiger partial charge < -0.3 is 10.6 Å². The molecule has 110 valence electrons. The number of nitrogens with one attached hydrogen (secondary N) is 2. The van der Waals surface area contributed by atoms with Crippen molar-refractivity contribution in [3.05, 3.63) is 50.9 Å². The van der Waals surface area contributed by atoms with Gasteiger partial charge in [-0.3, -0.25) is 14.9 Å². The smallest absolute Gasteiger partial charge is 0.324 e. The molecule has 2 N–H and O–H groups in total. The van der Waals surface area contributed by atoms with Crippen molar-refractivity contribution in [2.24, 2.45) is 0 Å². The van der Waals surface area contributed by atoms with E-state index in [9.17, 15) is 14.9 Å². The molecular formula is C14H15N3O3S. The van der Waals surface area contributed by atoms with Crippen LogP contribution in [0.5, 0.6) is 0 Å². The van der Waals surface area contributed by atoms with Crippen molar-refractivity contribution in [1.29, 1.82) is 0 Å². The lowest BCUT2D eigenvalue weighted by molar-refractivity contribution is -0.380. The van der Waals surface area contributed by atoms with Crippen LogP contribution in [-0.2, 0) is 11.3 Å². The van der Waals surface area contributed by atoms with Crippen LogP contribution in [0.4, 0.5) is 16.4 Å². The van der Waals surface area contributed by atoms with Crippen LogP contribution in [0, 0.1) is 17.0 Å². The number of thiophene rings is 1. The summed E-state index contributed by atoms with van der Waals surface area (Å²) in [4.78, 5) is 21.4. The molecule has 1 aromatic heterocycles. The summed E-state index contributed by atoms with van der Waals surface area (Å²) in [7, 11) is 0. The molecule has 1 amide bonds. The van der Waals surface area contributed by atoms with Crippen molar-refractivity contribution in [3.8, 4) is 0 Å². The zero-order valence-electron chi connectivity index (χ0n) is 11.7. The van der Waals surface area contributed by atoms with Gasteiger partial charge in [0.1, 0.15) is 0 Å². The first-order chi connectivity index (χ1) is 9.95. The van der Waals surface area contributed by atoms with Gasteiger partial charge in [0.25, 0.3) is 0 Å². The molecule has 1 aromatic carbocycles. The van der Waals surface area contributed by atoms with Gasteiger partial charge in [-0.15, -0.1) is 0 Å². The maximum absolute atomic E-state index is 11.1. The maximum Gasteiger partial charge on any atom is 0.324 e. The molecular weight excluding hydrogens is 290 g/mol. The normalized spacial score (nSPS) is 10.2. The SMILES string of the molecule is CC(=O)Nc1cc(NCc2csc([N+](=O)[O-])c2)ccc1C. The molecule has 0 radical (unpaired) electrons. The average Bonchev–Trinajstić information content (AvgIpc) is 2.88. The minimum atomic E-state index is -0.394. The summed E-state index contributed by atoms with van der Waals surface area (Å²) in [6.45, 7) is 3.87. The molecule has 1 heterocycles. The van der Waals surface area contributed by atoms with E-state index in [-0.39, 0.29) is 10.9 Å². The number of carbonyl (C=O) groups is 1. The van der Waals surface area contributed by atoms with Gasteiger partial charge in [-0.05, 0) is 30.2 Å². The van der Waals surface area contributed by atoms with Crippen LogP contribution in [0.3, 0.4) is 0 Å². The third-order valence-corrected chi connectivity index (χ3v) is 3.79. The highest BCUT2D eigenvalue weighted by Gasteiger charge is 2.09. The largest absolute Gasteiger partial charge is 0.381 e. The summed E-state index contributed by atoms with van der Waals surface area (Å²) in [5.41, 5.74) is 3.43. The quantitative estimate of drug-likeness (QED) is 0.653. The highest BCUT2D eigenvalue weighted by atomic mass is 32.1. The fraction of sp³-hybridized carbons (Fsp3) is 0.214. The molecule has 0 aliphatic rings. The first kappa shape index (κ1) is 15.0. The summed E-state index contributed by atoms with van der Waals surface area (Å²) in [6.07, 6.45) is 0. The second kappa shape index (κ2) is 6.36. The number of hydrogen-bond acceptors (Lipinski definition) is 5. The molecule has 7 heteroatoms. The van der Waals surface area contributed by atoms with Crippen LogP contribution in [0.1, 0.15) is 18.1 Å². The number of nitrogens with zero attached hydrogens (tertiary/aromatic N) is 1. The molecule has 0 bridgehead atoms. The van der Waals surface area contributed by atoms with Crippen LogP contribution >= 0.6 is 11.3 Å². The van der Waals surface area contributed by atoms with Gasteiger partial charge in [0.05, 0.1) is 4.92 Å². The molecule has 0 atom stereocenters. The number of aryl methyl sites for hydroxylation is 1. The fourth-order valence-electron chi connectivity index (χ4n) is 1.81. The molecule has 2 aromatic rings. The molecule has 6 nitrogen and oxygen atoms in total. The second-order valence-corrected chi connectivity index (χ2v) is 5.50. The van der Waals surface area contributed by atoms with Crippen LogP contribution < -0.4 is 10.6 Å². The maximum atomic E-state index is 11.1. The topological polar surface area (TPSA) is 84.3 Å². The Hall–Kier alpha value is -2.41. The Balaban J connectivity index is 2.05. The monoisotopic (exact) mass is 305 g/mol. The lowest BCUT2D eigenvalue weighted by Gasteiger charge is -2.10. The van der Waals surface area contributed by atoms with Crippen molar-refractivity contribution in [2.75, 3.05) is 10.6 Å². The van der Waals surface area contributed by atoms with E-state index in [1.807, 2.05) is 25.1 Å². The van der Waals surface area contributed by atoms with Gasteiger partial charge in [-0.2, -0.15) is 0 Å². The first-order valence-electron chi connectivity index (χ1n) is 6.29. The summed E-state index contributed by atoms with van der Waals surface area (Å²) in [5, 5.41) is 18.5. The van der Waals surface area contributed by atoms with Gasteiger partial charge >= 0.3 is 5.00 Å². The highest BCUT2D eigenvalue weighted by Crippen LogP contribution is 2.24. The Morgan fingerprint density at radius 1 is 1.38 bits per heavy atom. The minimum Gasteiger partial charge on any atom is -0.381 e. The van der Waals surface area contributed by atoms with Crippen LogP contribution in [-0.4, -0.2) is 10.8 Å². The van der Waals surface area contributed by atoms with E-state index in [4.69, 9.17) is 0 Å². The molecule has 0 unspecified atom stereocenters. The van der Waals surface area contributed by atoms with E-state index in [0.29, 0.717) is 6.54 Å². The molecule has 0 fully saturated rings. The Morgan fingerprint density at radius 2 is 2.14 bits per heavy atom. The standard InChI is InChI=1S/C14H15N3O3S/c1-9-3-4-12(6-13(9)16-10(2)18)15-7-11-5-14(17(19)20)21-8-11/h3-6,8,15H,7H2,1-2H3,(H,16,18). The van der Waals surface area contributed by atoms with Crippen molar-refractivity contribution in [1.82, 2.24) is 0 Å². The minimum absolute atomic E-state index is 0.122. The number of carbonyl (C=O) groups excluding carboxylic acids is 1. The van der Waals surface area contributed by atoms with E-state index in [1.54, 1.807) is 11.4 Å². The number of nitro groups is 1. The van der Waals surface area contributed by atoms with Gasteiger partial charge in [-0.1, -0.05) is 17.4 Å². The van der Waals surface area contributed by atoms with E-state index in [0.717, 1.165) is 33.8 Å². The van der Waals surface area contributed by atoms with E-state index in [1.165, 1.54) is 6.92 Å². The number of amides is 1. The van der Waals surface area contributed by atoms with E-state index < -0.39 is 4.92 Å². The fourth-order valence-corrected chi connectivity index (χ4v) is 2.54. The summed E-state index contributed by atoms with van der Waals surface area (Å²) >= 11 is 1.11. The summed E-state index contributed by atoms with van der Waals surface area (Å²) < 4.78 is 0. The van der Waals surface area contributed by atoms with E-state index >= 15 is 0 Å². The van der Waals surface area contributed by atoms with Gasteiger partial charge in [0.15, 0.2) is 0 Å². The third-order valence-electron chi connectivity index (χ3n) is 2.86. The van der Waals surface area contributed by atoms with Gasteiger partial charge in [0.2, 0.25) is 5.91 Å². The number of rotatable bonds is 5. The Bertz CT molecular complexity index is 682. The van der Waals surface area contributed by atoms with Crippen molar-refractivity contribution in [2.45, 2.75) is 20.4 Å². The van der Waals surface area contributed by atoms with Gasteiger partial charge in [0, 0.05) is 36.3 Å². The third kappa shape index (κ3) is 4.03. The van der Waals surface area contributed by atoms with Gasteiger partial charge in [-0.25, -0.2) is 0 Å². The molecule has 0 aliphatic carbocycles. The number of benzene rings is 1. The molecule has 0 spiro atoms. The summed E-state index contributed by atoms with van der Waals surface area (Å²) in [6, 6.07) is 7.21. The first-order valence-corrected chi connectivity index (χ1v) is 7.17. The highest BCUT2D eigenvalue weighted by molar-refractivity contribution is 7.13. The predicted octanol–water partition coefficient (Wildman–Crippen LogP) is 3.54. The van der Waals surface area contributed by atoms with Crippen LogP contribution in [0.2, 0.25) is 0 Å².